The van der Waals surface area contributed by atoms with Crippen LogP contribution in [0.1, 0.15) is 55.8 Å². The lowest BCUT2D eigenvalue weighted by molar-refractivity contribution is -0.124. The van der Waals surface area contributed by atoms with Crippen molar-refractivity contribution in [3.63, 3.8) is 0 Å². The van der Waals surface area contributed by atoms with Gasteiger partial charge >= 0.3 is 0 Å². The molecule has 182 valence electrons. The molecule has 0 saturated carbocycles. The summed E-state index contributed by atoms with van der Waals surface area (Å²) in [6, 6.07) is 24.5. The van der Waals surface area contributed by atoms with Gasteiger partial charge in [0.1, 0.15) is 5.84 Å². The van der Waals surface area contributed by atoms with Crippen LogP contribution in [-0.2, 0) is 9.59 Å². The zero-order valence-electron chi connectivity index (χ0n) is 20.5. The highest BCUT2D eigenvalue weighted by Crippen LogP contribution is 2.38. The molecule has 0 saturated heterocycles. The minimum atomic E-state index is -0.633. The minimum absolute atomic E-state index is 0.119. The lowest BCUT2D eigenvalue weighted by Crippen LogP contribution is -2.41. The summed E-state index contributed by atoms with van der Waals surface area (Å²) in [4.78, 5) is 38.0. The number of carbonyl (C=O) groups is 2. The SMILES string of the molecule is CC[C@@H](SC1=Nc2ccccc2C2=N[C@H](c3ccccc3)C(=O)N12)C(=O)Nc1ccc(C(C)C)cc1. The first-order valence-electron chi connectivity index (χ1n) is 12.2. The molecule has 0 aromatic heterocycles. The van der Waals surface area contributed by atoms with Crippen molar-refractivity contribution < 1.29 is 9.59 Å². The first-order chi connectivity index (χ1) is 17.5. The monoisotopic (exact) mass is 496 g/mol. The van der Waals surface area contributed by atoms with Crippen LogP contribution in [0.2, 0.25) is 0 Å². The lowest BCUT2D eigenvalue weighted by Gasteiger charge is -2.27. The minimum Gasteiger partial charge on any atom is -0.325 e. The van der Waals surface area contributed by atoms with Gasteiger partial charge in [0, 0.05) is 11.3 Å². The first kappa shape index (κ1) is 24.0. The Morgan fingerprint density at radius 3 is 2.39 bits per heavy atom. The molecule has 2 aliphatic rings. The van der Waals surface area contributed by atoms with Crippen molar-refractivity contribution in [2.24, 2.45) is 9.98 Å². The zero-order valence-corrected chi connectivity index (χ0v) is 21.3. The molecular formula is C29H28N4O2S. The van der Waals surface area contributed by atoms with Crippen LogP contribution < -0.4 is 5.32 Å². The molecular weight excluding hydrogens is 468 g/mol. The number of amides is 2. The maximum absolute atomic E-state index is 13.6. The number of nitrogens with one attached hydrogen (secondary N) is 1. The number of benzene rings is 3. The van der Waals surface area contributed by atoms with Crippen LogP contribution in [0, 0.1) is 0 Å². The molecule has 2 amide bonds. The summed E-state index contributed by atoms with van der Waals surface area (Å²) in [6.07, 6.45) is 0.581. The fraction of sp³-hybridized carbons (Fsp3) is 0.241. The second-order valence-electron chi connectivity index (χ2n) is 9.13. The highest BCUT2D eigenvalue weighted by atomic mass is 32.2. The van der Waals surface area contributed by atoms with Crippen LogP contribution in [0.15, 0.2) is 88.8 Å². The molecule has 1 N–H and O–H groups in total. The third-order valence-electron chi connectivity index (χ3n) is 6.34. The Balaban J connectivity index is 1.42. The molecule has 0 spiro atoms. The van der Waals surface area contributed by atoms with Crippen LogP contribution >= 0.6 is 11.8 Å². The number of nitrogens with zero attached hydrogens (tertiary/aromatic N) is 3. The number of hydrogen-bond donors (Lipinski definition) is 1. The van der Waals surface area contributed by atoms with E-state index in [-0.39, 0.29) is 11.8 Å². The first-order valence-corrected chi connectivity index (χ1v) is 13.1. The van der Waals surface area contributed by atoms with Crippen LogP contribution in [0.5, 0.6) is 0 Å². The van der Waals surface area contributed by atoms with E-state index in [0.29, 0.717) is 23.3 Å². The fourth-order valence-corrected chi connectivity index (χ4v) is 5.33. The number of anilines is 1. The molecule has 0 radical (unpaired) electrons. The molecule has 2 heterocycles. The van der Waals surface area contributed by atoms with Gasteiger partial charge < -0.3 is 5.32 Å². The molecule has 0 bridgehead atoms. The third-order valence-corrected chi connectivity index (χ3v) is 7.66. The van der Waals surface area contributed by atoms with Crippen molar-refractivity contribution in [2.45, 2.75) is 44.4 Å². The van der Waals surface area contributed by atoms with E-state index in [1.165, 1.54) is 17.3 Å². The maximum atomic E-state index is 13.6. The number of para-hydroxylation sites is 1. The molecule has 2 aliphatic heterocycles. The van der Waals surface area contributed by atoms with Gasteiger partial charge in [-0.25, -0.2) is 14.9 Å². The average molecular weight is 497 g/mol. The summed E-state index contributed by atoms with van der Waals surface area (Å²) in [7, 11) is 0. The number of fused-ring (bicyclic) bond motifs is 3. The van der Waals surface area contributed by atoms with Crippen molar-refractivity contribution in [3.05, 3.63) is 95.6 Å². The van der Waals surface area contributed by atoms with Gasteiger partial charge in [-0.1, -0.05) is 87.1 Å². The average Bonchev–Trinajstić information content (AvgIpc) is 3.25. The highest BCUT2D eigenvalue weighted by Gasteiger charge is 2.43. The van der Waals surface area contributed by atoms with Gasteiger partial charge in [0.25, 0.3) is 5.91 Å². The van der Waals surface area contributed by atoms with E-state index < -0.39 is 11.3 Å². The molecule has 6 nitrogen and oxygen atoms in total. The number of hydrogen-bond acceptors (Lipinski definition) is 5. The topological polar surface area (TPSA) is 74.1 Å². The molecule has 0 unspecified atom stereocenters. The van der Waals surface area contributed by atoms with E-state index in [1.54, 1.807) is 4.90 Å². The molecule has 0 fully saturated rings. The van der Waals surface area contributed by atoms with Crippen molar-refractivity contribution in [3.8, 4) is 0 Å². The van der Waals surface area contributed by atoms with E-state index in [4.69, 9.17) is 9.98 Å². The second kappa shape index (κ2) is 10.1. The Bertz CT molecular complexity index is 1350. The Kier molecular flexibility index (Phi) is 6.74. The van der Waals surface area contributed by atoms with E-state index in [1.807, 2.05) is 85.8 Å². The van der Waals surface area contributed by atoms with Gasteiger partial charge in [-0.05, 0) is 47.7 Å². The molecule has 3 aromatic rings. The second-order valence-corrected chi connectivity index (χ2v) is 10.3. The van der Waals surface area contributed by atoms with Crippen molar-refractivity contribution in [2.75, 3.05) is 5.32 Å². The standard InChI is InChI=1S/C29H28N4O2S/c1-4-24(27(34)30-21-16-14-19(15-17-21)18(2)3)36-29-31-23-13-9-8-12-22(23)26-32-25(28(35)33(26)29)20-10-6-5-7-11-20/h5-18,24-25H,4H2,1-3H3,(H,30,34)/t24-,25-/m1/s1. The van der Waals surface area contributed by atoms with E-state index in [0.717, 1.165) is 22.5 Å². The number of amidine groups is 2. The molecule has 3 aromatic carbocycles. The van der Waals surface area contributed by atoms with Gasteiger partial charge in [0.15, 0.2) is 11.2 Å². The predicted molar refractivity (Wildman–Crippen MR) is 147 cm³/mol. The lowest BCUT2D eigenvalue weighted by atomic mass is 10.0. The molecule has 0 aliphatic carbocycles. The predicted octanol–water partition coefficient (Wildman–Crippen LogP) is 6.29. The summed E-state index contributed by atoms with van der Waals surface area (Å²) in [5.41, 5.74) is 4.37. The summed E-state index contributed by atoms with van der Waals surface area (Å²) < 4.78 is 0. The van der Waals surface area contributed by atoms with E-state index in [9.17, 15) is 9.59 Å². The molecule has 2 atom stereocenters. The number of aliphatic imine (C=N–C) groups is 2. The number of rotatable bonds is 6. The Labute approximate surface area is 215 Å². The summed E-state index contributed by atoms with van der Waals surface area (Å²) >= 11 is 1.30. The quantitative estimate of drug-likeness (QED) is 0.436. The Morgan fingerprint density at radius 1 is 1.00 bits per heavy atom. The van der Waals surface area contributed by atoms with Gasteiger partial charge in [-0.2, -0.15) is 0 Å². The van der Waals surface area contributed by atoms with Crippen LogP contribution in [-0.4, -0.2) is 33.0 Å². The highest BCUT2D eigenvalue weighted by molar-refractivity contribution is 8.15. The van der Waals surface area contributed by atoms with Crippen LogP contribution in [0.4, 0.5) is 11.4 Å². The fourth-order valence-electron chi connectivity index (χ4n) is 4.31. The normalized spacial score (nSPS) is 17.3. The van der Waals surface area contributed by atoms with Crippen molar-refractivity contribution >= 4 is 46.0 Å². The summed E-state index contributed by atoms with van der Waals surface area (Å²) in [5.74, 6) is 0.735. The maximum Gasteiger partial charge on any atom is 0.263 e. The zero-order chi connectivity index (χ0) is 25.2. The van der Waals surface area contributed by atoms with Gasteiger partial charge in [0.2, 0.25) is 5.91 Å². The summed E-state index contributed by atoms with van der Waals surface area (Å²) in [6.45, 7) is 6.24. The van der Waals surface area contributed by atoms with Crippen molar-refractivity contribution in [1.82, 2.24) is 4.90 Å². The molecule has 7 heteroatoms. The van der Waals surface area contributed by atoms with Gasteiger partial charge in [-0.3, -0.25) is 9.59 Å². The Morgan fingerprint density at radius 2 is 1.69 bits per heavy atom. The van der Waals surface area contributed by atoms with Gasteiger partial charge in [0.05, 0.1) is 10.9 Å². The van der Waals surface area contributed by atoms with E-state index in [2.05, 4.69) is 19.2 Å². The summed E-state index contributed by atoms with van der Waals surface area (Å²) in [5, 5.41) is 3.08. The third kappa shape index (κ3) is 4.58. The molecule has 36 heavy (non-hydrogen) atoms. The van der Waals surface area contributed by atoms with Crippen LogP contribution in [0.25, 0.3) is 0 Å². The molecule has 5 rings (SSSR count). The van der Waals surface area contributed by atoms with E-state index >= 15 is 0 Å². The smallest absolute Gasteiger partial charge is 0.263 e. The van der Waals surface area contributed by atoms with Crippen LogP contribution in [0.3, 0.4) is 0 Å². The van der Waals surface area contributed by atoms with Crippen molar-refractivity contribution in [1.29, 1.82) is 0 Å². The number of carbonyl (C=O) groups excluding carboxylic acids is 2. The number of thioether (sulfide) groups is 1. The Hall–Kier alpha value is -3.71. The van der Waals surface area contributed by atoms with Gasteiger partial charge in [-0.15, -0.1) is 0 Å². The largest absolute Gasteiger partial charge is 0.325 e.